The third kappa shape index (κ3) is 2.35. The van der Waals surface area contributed by atoms with E-state index in [1.54, 1.807) is 12.4 Å². The van der Waals surface area contributed by atoms with E-state index in [2.05, 4.69) is 45.6 Å². The van der Waals surface area contributed by atoms with E-state index in [0.717, 1.165) is 12.4 Å². The van der Waals surface area contributed by atoms with E-state index in [-0.39, 0.29) is 5.54 Å². The van der Waals surface area contributed by atoms with Crippen molar-refractivity contribution in [3.8, 4) is 0 Å². The van der Waals surface area contributed by atoms with Gasteiger partial charge in [-0.25, -0.2) is 9.97 Å². The predicted molar refractivity (Wildman–Crippen MR) is 72.4 cm³/mol. The third-order valence-corrected chi connectivity index (χ3v) is 3.64. The van der Waals surface area contributed by atoms with Crippen molar-refractivity contribution in [2.75, 3.05) is 5.32 Å². The molecule has 18 heavy (non-hydrogen) atoms. The summed E-state index contributed by atoms with van der Waals surface area (Å²) in [5.74, 6) is 0.744. The highest BCUT2D eigenvalue weighted by atomic mass is 15.1. The van der Waals surface area contributed by atoms with Gasteiger partial charge in [-0.15, -0.1) is 0 Å². The minimum Gasteiger partial charge on any atom is -0.348 e. The van der Waals surface area contributed by atoms with Gasteiger partial charge in [0, 0.05) is 17.9 Å². The highest BCUT2D eigenvalue weighted by Gasteiger charge is 2.37. The molecule has 2 aromatic rings. The molecule has 0 saturated heterocycles. The second-order valence-corrected chi connectivity index (χ2v) is 4.99. The summed E-state index contributed by atoms with van der Waals surface area (Å²) in [4.78, 5) is 8.53. The van der Waals surface area contributed by atoms with Crippen molar-refractivity contribution in [2.24, 2.45) is 0 Å². The molecule has 1 aromatic heterocycles. The fourth-order valence-electron chi connectivity index (χ4n) is 2.54. The van der Waals surface area contributed by atoms with E-state index < -0.39 is 0 Å². The molecule has 0 bridgehead atoms. The van der Waals surface area contributed by atoms with Gasteiger partial charge in [0.1, 0.15) is 0 Å². The van der Waals surface area contributed by atoms with Crippen LogP contribution in [0.1, 0.15) is 24.8 Å². The minimum absolute atomic E-state index is 0.155. The topological polar surface area (TPSA) is 37.8 Å². The molecular weight excluding hydrogens is 222 g/mol. The molecule has 0 atom stereocenters. The lowest BCUT2D eigenvalue weighted by atomic mass is 9.73. The Balaban J connectivity index is 1.75. The molecule has 1 N–H and O–H groups in total. The van der Waals surface area contributed by atoms with Gasteiger partial charge in [-0.2, -0.15) is 0 Å². The Labute approximate surface area is 107 Å². The van der Waals surface area contributed by atoms with Crippen molar-refractivity contribution in [3.05, 3.63) is 54.4 Å². The molecule has 0 unspecified atom stereocenters. The van der Waals surface area contributed by atoms with Crippen LogP contribution in [0.15, 0.2) is 48.8 Å². The average Bonchev–Trinajstić information content (AvgIpc) is 2.39. The van der Waals surface area contributed by atoms with Gasteiger partial charge >= 0.3 is 0 Å². The Kier molecular flexibility index (Phi) is 2.97. The van der Waals surface area contributed by atoms with Crippen LogP contribution >= 0.6 is 0 Å². The summed E-state index contributed by atoms with van der Waals surface area (Å²) in [6.45, 7) is 0. The number of nitrogens with one attached hydrogen (secondary N) is 1. The standard InChI is InChI=1S/C15H17N3/c1-2-6-13(7-3-1)12-15(8-4-9-15)18-14-16-10-5-11-17-14/h1-3,5-7,10-11H,4,8-9,12H2,(H,16,17,18). The number of rotatable bonds is 4. The summed E-state index contributed by atoms with van der Waals surface area (Å²) < 4.78 is 0. The second-order valence-electron chi connectivity index (χ2n) is 4.99. The van der Waals surface area contributed by atoms with Crippen molar-refractivity contribution >= 4 is 5.95 Å². The molecular formula is C15H17N3. The molecule has 0 aliphatic heterocycles. The molecule has 1 aromatic carbocycles. The van der Waals surface area contributed by atoms with E-state index in [0.29, 0.717) is 0 Å². The van der Waals surface area contributed by atoms with E-state index >= 15 is 0 Å². The van der Waals surface area contributed by atoms with E-state index in [1.807, 2.05) is 6.07 Å². The zero-order chi connectivity index (χ0) is 12.3. The molecule has 3 heteroatoms. The normalized spacial score (nSPS) is 16.9. The Morgan fingerprint density at radius 3 is 2.33 bits per heavy atom. The first-order valence-corrected chi connectivity index (χ1v) is 6.46. The predicted octanol–water partition coefficient (Wildman–Crippen LogP) is 3.05. The van der Waals surface area contributed by atoms with Crippen LogP contribution in [0.2, 0.25) is 0 Å². The van der Waals surface area contributed by atoms with Gasteiger partial charge < -0.3 is 5.32 Å². The Bertz CT molecular complexity index is 448. The van der Waals surface area contributed by atoms with Gasteiger partial charge in [-0.05, 0) is 37.3 Å². The van der Waals surface area contributed by atoms with Crippen LogP contribution in [0, 0.1) is 0 Å². The highest BCUT2D eigenvalue weighted by molar-refractivity contribution is 5.33. The summed E-state index contributed by atoms with van der Waals surface area (Å²) in [6, 6.07) is 12.5. The molecule has 0 radical (unpaired) electrons. The first-order valence-electron chi connectivity index (χ1n) is 6.46. The van der Waals surface area contributed by atoms with Crippen LogP contribution in [0.5, 0.6) is 0 Å². The third-order valence-electron chi connectivity index (χ3n) is 3.64. The molecule has 1 aliphatic carbocycles. The maximum absolute atomic E-state index is 4.26. The molecule has 1 saturated carbocycles. The van der Waals surface area contributed by atoms with E-state index in [4.69, 9.17) is 0 Å². The van der Waals surface area contributed by atoms with Crippen molar-refractivity contribution in [2.45, 2.75) is 31.2 Å². The number of nitrogens with zero attached hydrogens (tertiary/aromatic N) is 2. The molecule has 1 fully saturated rings. The summed E-state index contributed by atoms with van der Waals surface area (Å²) in [7, 11) is 0. The quantitative estimate of drug-likeness (QED) is 0.891. The van der Waals surface area contributed by atoms with E-state index in [9.17, 15) is 0 Å². The Morgan fingerprint density at radius 2 is 1.72 bits per heavy atom. The number of hydrogen-bond acceptors (Lipinski definition) is 3. The van der Waals surface area contributed by atoms with Gasteiger partial charge in [-0.3, -0.25) is 0 Å². The largest absolute Gasteiger partial charge is 0.348 e. The molecule has 0 amide bonds. The van der Waals surface area contributed by atoms with E-state index in [1.165, 1.54) is 24.8 Å². The van der Waals surface area contributed by atoms with Crippen molar-refractivity contribution < 1.29 is 0 Å². The maximum atomic E-state index is 4.26. The first-order chi connectivity index (χ1) is 8.86. The summed E-state index contributed by atoms with van der Waals surface area (Å²) in [5, 5.41) is 3.52. The Morgan fingerprint density at radius 1 is 1.00 bits per heavy atom. The molecule has 1 heterocycles. The summed E-state index contributed by atoms with van der Waals surface area (Å²) in [6.07, 6.45) is 8.29. The van der Waals surface area contributed by atoms with Crippen LogP contribution in [-0.2, 0) is 6.42 Å². The van der Waals surface area contributed by atoms with Crippen LogP contribution in [-0.4, -0.2) is 15.5 Å². The number of aromatic nitrogens is 2. The first kappa shape index (κ1) is 11.2. The molecule has 3 nitrogen and oxygen atoms in total. The van der Waals surface area contributed by atoms with Gasteiger partial charge in [0.25, 0.3) is 0 Å². The maximum Gasteiger partial charge on any atom is 0.223 e. The van der Waals surface area contributed by atoms with Crippen molar-refractivity contribution in [3.63, 3.8) is 0 Å². The van der Waals surface area contributed by atoms with Gasteiger partial charge in [0.15, 0.2) is 0 Å². The van der Waals surface area contributed by atoms with Crippen LogP contribution in [0.25, 0.3) is 0 Å². The van der Waals surface area contributed by atoms with Gasteiger partial charge in [-0.1, -0.05) is 30.3 Å². The highest BCUT2D eigenvalue weighted by Crippen LogP contribution is 2.37. The average molecular weight is 239 g/mol. The van der Waals surface area contributed by atoms with Crippen molar-refractivity contribution in [1.29, 1.82) is 0 Å². The smallest absolute Gasteiger partial charge is 0.223 e. The van der Waals surface area contributed by atoms with Crippen LogP contribution in [0.4, 0.5) is 5.95 Å². The van der Waals surface area contributed by atoms with Crippen LogP contribution in [0.3, 0.4) is 0 Å². The summed E-state index contributed by atoms with van der Waals surface area (Å²) >= 11 is 0. The second kappa shape index (κ2) is 4.77. The Hall–Kier alpha value is -1.90. The molecule has 0 spiro atoms. The lowest BCUT2D eigenvalue weighted by Gasteiger charge is -2.42. The number of anilines is 1. The zero-order valence-corrected chi connectivity index (χ0v) is 10.3. The lowest BCUT2D eigenvalue weighted by molar-refractivity contribution is 0.275. The molecule has 92 valence electrons. The van der Waals surface area contributed by atoms with Crippen LogP contribution < -0.4 is 5.32 Å². The van der Waals surface area contributed by atoms with Crippen molar-refractivity contribution in [1.82, 2.24) is 9.97 Å². The zero-order valence-electron chi connectivity index (χ0n) is 10.3. The SMILES string of the molecule is c1ccc(CC2(Nc3ncccn3)CCC2)cc1. The fraction of sp³-hybridized carbons (Fsp3) is 0.333. The van der Waals surface area contributed by atoms with Gasteiger partial charge in [0.05, 0.1) is 0 Å². The molecule has 3 rings (SSSR count). The molecule has 1 aliphatic rings. The number of benzene rings is 1. The fourth-order valence-corrected chi connectivity index (χ4v) is 2.54. The number of hydrogen-bond donors (Lipinski definition) is 1. The lowest BCUT2D eigenvalue weighted by Crippen LogP contribution is -2.47. The minimum atomic E-state index is 0.155. The van der Waals surface area contributed by atoms with Gasteiger partial charge in [0.2, 0.25) is 5.95 Å². The summed E-state index contributed by atoms with van der Waals surface area (Å²) in [5.41, 5.74) is 1.53. The monoisotopic (exact) mass is 239 g/mol.